The van der Waals surface area contributed by atoms with Crippen LogP contribution in [0.5, 0.6) is 0 Å². The summed E-state index contributed by atoms with van der Waals surface area (Å²) in [6.45, 7) is -0.437. The highest BCUT2D eigenvalue weighted by atomic mass is 127. The second-order valence-corrected chi connectivity index (χ2v) is 11.6. The highest BCUT2D eigenvalue weighted by Crippen LogP contribution is 2.37. The van der Waals surface area contributed by atoms with Gasteiger partial charge in [0.05, 0.1) is 17.7 Å². The van der Waals surface area contributed by atoms with E-state index in [9.17, 15) is 40.7 Å². The minimum Gasteiger partial charge on any atom is -0.444 e. The van der Waals surface area contributed by atoms with Crippen LogP contribution >= 0.6 is 22.6 Å². The minimum atomic E-state index is -5.05. The molecule has 2 fully saturated rings. The molecule has 2 aliphatic rings. The second kappa shape index (κ2) is 13.3. The SMILES string of the molecule is NCCCC[C@H]1C(=O)N(Cc2cccc(I)c2)C[C@@H]2N(C(=O)OCc3cc(C(F)(F)F)cc(C(F)(F)F)c3)CCC(=O)N21. The Labute approximate surface area is 257 Å². The Morgan fingerprint density at radius 2 is 1.65 bits per heavy atom. The van der Waals surface area contributed by atoms with Crippen molar-refractivity contribution in [2.45, 2.75) is 63.4 Å². The number of piperazine rings is 1. The van der Waals surface area contributed by atoms with Gasteiger partial charge in [0.15, 0.2) is 0 Å². The number of halogens is 7. The van der Waals surface area contributed by atoms with Crippen molar-refractivity contribution in [2.75, 3.05) is 19.6 Å². The molecular weight excluding hydrogens is 697 g/mol. The molecular formula is C28H29F6IN4O4. The molecule has 2 heterocycles. The van der Waals surface area contributed by atoms with Crippen LogP contribution in [0, 0.1) is 3.57 Å². The van der Waals surface area contributed by atoms with Crippen LogP contribution in [0.3, 0.4) is 0 Å². The number of alkyl halides is 6. The van der Waals surface area contributed by atoms with Gasteiger partial charge in [0.2, 0.25) is 11.8 Å². The molecule has 234 valence electrons. The number of hydrogen-bond donors (Lipinski definition) is 1. The summed E-state index contributed by atoms with van der Waals surface area (Å²) in [4.78, 5) is 44.0. The van der Waals surface area contributed by atoms with Gasteiger partial charge < -0.3 is 20.3 Å². The summed E-state index contributed by atoms with van der Waals surface area (Å²) in [5.74, 6) is -0.638. The standard InChI is InChI=1S/C28H29F6IN4O4/c29-27(30,31)19-10-18(11-20(13-19)28(32,33)34)16-43-26(42)38-9-7-24(40)39-22(6-1-2-8-36)25(41)37(15-23(38)39)14-17-4-3-5-21(35)12-17/h3-5,10-13,22-23H,1-2,6-9,14-16,36H2/t22-,23+/m0/s1. The van der Waals surface area contributed by atoms with E-state index in [1.807, 2.05) is 24.3 Å². The number of nitrogens with two attached hydrogens (primary N) is 1. The Balaban J connectivity index is 1.58. The molecule has 4 rings (SSSR count). The van der Waals surface area contributed by atoms with Crippen molar-refractivity contribution in [2.24, 2.45) is 5.73 Å². The Bertz CT molecular complexity index is 1320. The number of unbranched alkanes of at least 4 members (excludes halogenated alkanes) is 1. The first-order chi connectivity index (χ1) is 20.2. The molecule has 2 atom stereocenters. The first-order valence-electron chi connectivity index (χ1n) is 13.4. The molecule has 15 heteroatoms. The highest BCUT2D eigenvalue weighted by molar-refractivity contribution is 14.1. The average Bonchev–Trinajstić information content (AvgIpc) is 2.93. The third-order valence-corrected chi connectivity index (χ3v) is 7.96. The Kier molecular flexibility index (Phi) is 10.1. The summed E-state index contributed by atoms with van der Waals surface area (Å²) in [6.07, 6.45) is -10.8. The fourth-order valence-corrected chi connectivity index (χ4v) is 5.89. The average molecular weight is 726 g/mol. The van der Waals surface area contributed by atoms with Crippen LogP contribution < -0.4 is 5.73 Å². The van der Waals surface area contributed by atoms with Crippen molar-refractivity contribution in [3.63, 3.8) is 0 Å². The number of benzene rings is 2. The van der Waals surface area contributed by atoms with Gasteiger partial charge in [-0.05, 0) is 89.9 Å². The summed E-state index contributed by atoms with van der Waals surface area (Å²) >= 11 is 2.14. The summed E-state index contributed by atoms with van der Waals surface area (Å²) in [5.41, 5.74) is 2.89. The van der Waals surface area contributed by atoms with E-state index in [0.717, 1.165) is 9.13 Å². The van der Waals surface area contributed by atoms with Crippen LogP contribution in [0.4, 0.5) is 31.1 Å². The largest absolute Gasteiger partial charge is 0.444 e. The maximum Gasteiger partial charge on any atom is 0.416 e. The van der Waals surface area contributed by atoms with Gasteiger partial charge in [0.1, 0.15) is 18.8 Å². The van der Waals surface area contributed by atoms with Gasteiger partial charge in [-0.2, -0.15) is 26.3 Å². The monoisotopic (exact) mass is 726 g/mol. The van der Waals surface area contributed by atoms with Crippen LogP contribution in [0.15, 0.2) is 42.5 Å². The first-order valence-corrected chi connectivity index (χ1v) is 14.5. The molecule has 0 bridgehead atoms. The zero-order chi connectivity index (χ0) is 31.5. The van der Waals surface area contributed by atoms with Gasteiger partial charge in [0.25, 0.3) is 0 Å². The molecule has 2 N–H and O–H groups in total. The Morgan fingerprint density at radius 3 is 2.26 bits per heavy atom. The summed E-state index contributed by atoms with van der Waals surface area (Å²) in [6, 6.07) is 7.55. The molecule has 43 heavy (non-hydrogen) atoms. The highest BCUT2D eigenvalue weighted by Gasteiger charge is 2.49. The third-order valence-electron chi connectivity index (χ3n) is 7.29. The van der Waals surface area contributed by atoms with Crippen LogP contribution in [0.25, 0.3) is 0 Å². The molecule has 3 amide bonds. The normalized spacial score (nSPS) is 19.5. The molecule has 0 radical (unpaired) electrons. The predicted molar refractivity (Wildman–Crippen MR) is 150 cm³/mol. The molecule has 0 spiro atoms. The van der Waals surface area contributed by atoms with Crippen molar-refractivity contribution in [3.05, 3.63) is 68.3 Å². The van der Waals surface area contributed by atoms with E-state index in [1.54, 1.807) is 4.90 Å². The number of carbonyl (C=O) groups is 3. The van der Waals surface area contributed by atoms with Crippen LogP contribution in [0.2, 0.25) is 0 Å². The van der Waals surface area contributed by atoms with Gasteiger partial charge in [-0.15, -0.1) is 0 Å². The molecule has 0 aliphatic carbocycles. The Morgan fingerprint density at radius 1 is 0.977 bits per heavy atom. The lowest BCUT2D eigenvalue weighted by Crippen LogP contribution is -2.71. The van der Waals surface area contributed by atoms with Crippen LogP contribution in [-0.2, 0) is 39.8 Å². The fraction of sp³-hybridized carbons (Fsp3) is 0.464. The second-order valence-electron chi connectivity index (χ2n) is 10.3. The van der Waals surface area contributed by atoms with Gasteiger partial charge in [0, 0.05) is 23.1 Å². The smallest absolute Gasteiger partial charge is 0.416 e. The lowest BCUT2D eigenvalue weighted by molar-refractivity contribution is -0.169. The number of nitrogens with zero attached hydrogens (tertiary/aromatic N) is 3. The van der Waals surface area contributed by atoms with Gasteiger partial charge in [-0.25, -0.2) is 4.79 Å². The van der Waals surface area contributed by atoms with Crippen molar-refractivity contribution < 1.29 is 45.5 Å². The van der Waals surface area contributed by atoms with Crippen LogP contribution in [0.1, 0.15) is 47.9 Å². The molecule has 2 aliphatic heterocycles. The number of carbonyl (C=O) groups excluding carboxylic acids is 3. The number of rotatable bonds is 8. The van der Waals surface area contributed by atoms with E-state index in [-0.39, 0.29) is 43.9 Å². The number of fused-ring (bicyclic) bond motifs is 1. The summed E-state index contributed by atoms with van der Waals surface area (Å²) < 4.78 is 85.8. The molecule has 0 saturated carbocycles. The zero-order valence-corrected chi connectivity index (χ0v) is 24.9. The topological polar surface area (TPSA) is 96.2 Å². The van der Waals surface area contributed by atoms with E-state index < -0.39 is 54.0 Å². The van der Waals surface area contributed by atoms with E-state index in [1.165, 1.54) is 9.80 Å². The lowest BCUT2D eigenvalue weighted by Gasteiger charge is -2.52. The van der Waals surface area contributed by atoms with Crippen molar-refractivity contribution in [1.29, 1.82) is 0 Å². The molecule has 2 aromatic rings. The minimum absolute atomic E-state index is 0.00830. The molecule has 8 nitrogen and oxygen atoms in total. The summed E-state index contributed by atoms with van der Waals surface area (Å²) in [7, 11) is 0. The maximum atomic E-state index is 13.6. The Hall–Kier alpha value is -3.08. The molecule has 2 saturated heterocycles. The molecule has 0 aromatic heterocycles. The fourth-order valence-electron chi connectivity index (χ4n) is 5.28. The van der Waals surface area contributed by atoms with Gasteiger partial charge >= 0.3 is 18.4 Å². The zero-order valence-electron chi connectivity index (χ0n) is 22.8. The van der Waals surface area contributed by atoms with Crippen molar-refractivity contribution in [1.82, 2.24) is 14.7 Å². The quantitative estimate of drug-likeness (QED) is 0.225. The molecule has 0 unspecified atom stereocenters. The van der Waals surface area contributed by atoms with E-state index in [0.29, 0.717) is 37.9 Å². The first kappa shape index (κ1) is 32.8. The number of ether oxygens (including phenoxy) is 1. The van der Waals surface area contributed by atoms with Gasteiger partial charge in [-0.1, -0.05) is 12.1 Å². The van der Waals surface area contributed by atoms with Crippen LogP contribution in [-0.4, -0.2) is 64.4 Å². The predicted octanol–water partition coefficient (Wildman–Crippen LogP) is 5.37. The number of amides is 3. The maximum absolute atomic E-state index is 13.6. The molecule has 2 aromatic carbocycles. The third kappa shape index (κ3) is 7.91. The van der Waals surface area contributed by atoms with E-state index >= 15 is 0 Å². The van der Waals surface area contributed by atoms with Gasteiger partial charge in [-0.3, -0.25) is 14.5 Å². The van der Waals surface area contributed by atoms with Crippen molar-refractivity contribution >= 4 is 40.5 Å². The summed E-state index contributed by atoms with van der Waals surface area (Å²) in [5, 5.41) is 0. The lowest BCUT2D eigenvalue weighted by atomic mass is 9.98. The number of hydrogen-bond acceptors (Lipinski definition) is 5. The van der Waals surface area contributed by atoms with E-state index in [4.69, 9.17) is 10.5 Å². The van der Waals surface area contributed by atoms with E-state index in [2.05, 4.69) is 22.6 Å². The van der Waals surface area contributed by atoms with Crippen molar-refractivity contribution in [3.8, 4) is 0 Å².